The highest BCUT2D eigenvalue weighted by atomic mass is 14.9. The molecule has 0 radical (unpaired) electrons. The van der Waals surface area contributed by atoms with E-state index in [0.717, 1.165) is 18.2 Å². The van der Waals surface area contributed by atoms with Crippen LogP contribution in [-0.2, 0) is 0 Å². The molecule has 1 saturated carbocycles. The smallest absolute Gasteiger partial charge is 0.0577 e. The molecule has 0 bridgehead atoms. The summed E-state index contributed by atoms with van der Waals surface area (Å²) >= 11 is 0. The first kappa shape index (κ1) is 14.3. The van der Waals surface area contributed by atoms with E-state index < -0.39 is 0 Å². The summed E-state index contributed by atoms with van der Waals surface area (Å²) in [6, 6.07) is 13.7. The zero-order valence-corrected chi connectivity index (χ0v) is 13.0. The Hall–Kier alpha value is -1.67. The Bertz CT molecular complexity index is 602. The van der Waals surface area contributed by atoms with Gasteiger partial charge in [0.25, 0.3) is 0 Å². The first-order valence-electron chi connectivity index (χ1n) is 8.03. The van der Waals surface area contributed by atoms with Gasteiger partial charge in [0.05, 0.1) is 6.04 Å². The lowest BCUT2D eigenvalue weighted by Gasteiger charge is -2.27. The molecule has 110 valence electrons. The Morgan fingerprint density at radius 2 is 2.00 bits per heavy atom. The summed E-state index contributed by atoms with van der Waals surface area (Å²) in [4.78, 5) is 4.32. The highest BCUT2D eigenvalue weighted by molar-refractivity contribution is 5.36. The van der Waals surface area contributed by atoms with Gasteiger partial charge in [-0.15, -0.1) is 0 Å². The maximum absolute atomic E-state index is 4.32. The molecule has 2 nitrogen and oxygen atoms in total. The molecule has 0 saturated heterocycles. The fourth-order valence-corrected chi connectivity index (χ4v) is 3.11. The lowest BCUT2D eigenvalue weighted by Crippen LogP contribution is -2.22. The third-order valence-corrected chi connectivity index (χ3v) is 4.48. The predicted octanol–water partition coefficient (Wildman–Crippen LogP) is 4.36. The van der Waals surface area contributed by atoms with Gasteiger partial charge >= 0.3 is 0 Å². The molecule has 1 aliphatic rings. The van der Waals surface area contributed by atoms with Crippen molar-refractivity contribution in [3.8, 4) is 0 Å². The van der Waals surface area contributed by atoms with Crippen molar-refractivity contribution in [3.05, 3.63) is 65.0 Å². The summed E-state index contributed by atoms with van der Waals surface area (Å²) in [6.45, 7) is 5.17. The molecule has 1 aromatic heterocycles. The van der Waals surface area contributed by atoms with E-state index in [-0.39, 0.29) is 6.04 Å². The minimum absolute atomic E-state index is 0.261. The van der Waals surface area contributed by atoms with Crippen LogP contribution in [0.2, 0.25) is 0 Å². The fourth-order valence-electron chi connectivity index (χ4n) is 3.11. The number of nitrogens with one attached hydrogen (secondary N) is 1. The maximum atomic E-state index is 4.32. The van der Waals surface area contributed by atoms with Crippen molar-refractivity contribution in [2.45, 2.75) is 45.1 Å². The number of benzene rings is 1. The molecular formula is C19H24N2. The van der Waals surface area contributed by atoms with Crippen LogP contribution in [0.1, 0.15) is 60.5 Å². The van der Waals surface area contributed by atoms with E-state index in [1.54, 1.807) is 0 Å². The third kappa shape index (κ3) is 3.16. The first-order valence-corrected chi connectivity index (χ1v) is 8.03. The van der Waals surface area contributed by atoms with E-state index in [4.69, 9.17) is 0 Å². The number of nitrogens with zero attached hydrogens (tertiary/aromatic N) is 1. The van der Waals surface area contributed by atoms with E-state index in [1.165, 1.54) is 36.0 Å². The van der Waals surface area contributed by atoms with Gasteiger partial charge in [-0.05, 0) is 61.1 Å². The van der Waals surface area contributed by atoms with Crippen molar-refractivity contribution in [2.75, 3.05) is 6.54 Å². The quantitative estimate of drug-likeness (QED) is 0.880. The average Bonchev–Trinajstić information content (AvgIpc) is 2.43. The monoisotopic (exact) mass is 280 g/mol. The summed E-state index contributed by atoms with van der Waals surface area (Å²) in [7, 11) is 0. The molecule has 0 spiro atoms. The van der Waals surface area contributed by atoms with Gasteiger partial charge in [0.1, 0.15) is 0 Å². The predicted molar refractivity (Wildman–Crippen MR) is 87.5 cm³/mol. The number of hydrogen-bond donors (Lipinski definition) is 1. The minimum Gasteiger partial charge on any atom is -0.307 e. The Labute approximate surface area is 127 Å². The van der Waals surface area contributed by atoms with E-state index in [9.17, 15) is 0 Å². The molecule has 3 rings (SSSR count). The van der Waals surface area contributed by atoms with Crippen molar-refractivity contribution in [1.29, 1.82) is 0 Å². The third-order valence-electron chi connectivity index (χ3n) is 4.48. The van der Waals surface area contributed by atoms with Gasteiger partial charge < -0.3 is 5.32 Å². The first-order chi connectivity index (χ1) is 10.3. The molecule has 1 unspecified atom stereocenters. The molecule has 21 heavy (non-hydrogen) atoms. The molecule has 2 aromatic rings. The normalized spacial score (nSPS) is 16.5. The number of hydrogen-bond acceptors (Lipinski definition) is 2. The SMILES string of the molecule is CCNC(c1cccc(C2CCC2)c1)c1ccnc(C)c1. The number of aromatic nitrogens is 1. The average molecular weight is 280 g/mol. The Morgan fingerprint density at radius 3 is 2.67 bits per heavy atom. The minimum atomic E-state index is 0.261. The molecule has 2 heteroatoms. The topological polar surface area (TPSA) is 24.9 Å². The second kappa shape index (κ2) is 6.40. The summed E-state index contributed by atoms with van der Waals surface area (Å²) in [5, 5.41) is 3.62. The van der Waals surface area contributed by atoms with Gasteiger partial charge in [-0.3, -0.25) is 4.98 Å². The van der Waals surface area contributed by atoms with Gasteiger partial charge in [0.2, 0.25) is 0 Å². The van der Waals surface area contributed by atoms with Gasteiger partial charge in [-0.25, -0.2) is 0 Å². The van der Waals surface area contributed by atoms with Crippen LogP contribution >= 0.6 is 0 Å². The largest absolute Gasteiger partial charge is 0.307 e. The number of aryl methyl sites for hydroxylation is 1. The van der Waals surface area contributed by atoms with Gasteiger partial charge in [-0.1, -0.05) is 37.6 Å². The van der Waals surface area contributed by atoms with Crippen LogP contribution in [0, 0.1) is 6.92 Å². The van der Waals surface area contributed by atoms with Crippen LogP contribution in [0.25, 0.3) is 0 Å². The zero-order chi connectivity index (χ0) is 14.7. The highest BCUT2D eigenvalue weighted by Crippen LogP contribution is 2.37. The van der Waals surface area contributed by atoms with Crippen LogP contribution in [0.15, 0.2) is 42.6 Å². The Balaban J connectivity index is 1.93. The van der Waals surface area contributed by atoms with Crippen molar-refractivity contribution in [1.82, 2.24) is 10.3 Å². The molecule has 0 aliphatic heterocycles. The molecule has 1 aliphatic carbocycles. The summed E-state index contributed by atoms with van der Waals surface area (Å²) in [6.07, 6.45) is 5.99. The Morgan fingerprint density at radius 1 is 1.19 bits per heavy atom. The van der Waals surface area contributed by atoms with Crippen molar-refractivity contribution < 1.29 is 0 Å². The van der Waals surface area contributed by atoms with E-state index >= 15 is 0 Å². The van der Waals surface area contributed by atoms with E-state index in [0.29, 0.717) is 0 Å². The van der Waals surface area contributed by atoms with E-state index in [1.807, 2.05) is 6.20 Å². The van der Waals surface area contributed by atoms with Crippen LogP contribution in [0.4, 0.5) is 0 Å². The number of rotatable bonds is 5. The van der Waals surface area contributed by atoms with Crippen LogP contribution in [-0.4, -0.2) is 11.5 Å². The van der Waals surface area contributed by atoms with Gasteiger partial charge in [0.15, 0.2) is 0 Å². The highest BCUT2D eigenvalue weighted by Gasteiger charge is 2.21. The molecule has 1 aromatic carbocycles. The van der Waals surface area contributed by atoms with Crippen LogP contribution < -0.4 is 5.32 Å². The molecule has 1 atom stereocenters. The van der Waals surface area contributed by atoms with Crippen LogP contribution in [0.5, 0.6) is 0 Å². The standard InChI is InChI=1S/C19H24N2/c1-3-20-19(18-10-11-21-14(2)12-18)17-9-5-8-16(13-17)15-6-4-7-15/h5,8-13,15,19-20H,3-4,6-7H2,1-2H3. The summed E-state index contributed by atoms with van der Waals surface area (Å²) in [5.74, 6) is 0.784. The second-order valence-electron chi connectivity index (χ2n) is 6.02. The zero-order valence-electron chi connectivity index (χ0n) is 13.0. The molecule has 1 N–H and O–H groups in total. The molecule has 0 amide bonds. The molecule has 1 heterocycles. The Kier molecular flexibility index (Phi) is 4.35. The van der Waals surface area contributed by atoms with Crippen LogP contribution in [0.3, 0.4) is 0 Å². The lowest BCUT2D eigenvalue weighted by molar-refractivity contribution is 0.419. The van der Waals surface area contributed by atoms with E-state index in [2.05, 4.69) is 60.5 Å². The van der Waals surface area contributed by atoms with Gasteiger partial charge in [-0.2, -0.15) is 0 Å². The second-order valence-corrected chi connectivity index (χ2v) is 6.02. The molecular weight excluding hydrogens is 256 g/mol. The van der Waals surface area contributed by atoms with Crippen molar-refractivity contribution >= 4 is 0 Å². The fraction of sp³-hybridized carbons (Fsp3) is 0.421. The summed E-state index contributed by atoms with van der Waals surface area (Å²) in [5.41, 5.74) is 5.25. The maximum Gasteiger partial charge on any atom is 0.0577 e. The number of pyridine rings is 1. The van der Waals surface area contributed by atoms with Crippen molar-refractivity contribution in [3.63, 3.8) is 0 Å². The lowest BCUT2D eigenvalue weighted by atomic mass is 9.79. The van der Waals surface area contributed by atoms with Gasteiger partial charge in [0, 0.05) is 11.9 Å². The molecule has 1 fully saturated rings. The summed E-state index contributed by atoms with van der Waals surface area (Å²) < 4.78 is 0. The van der Waals surface area contributed by atoms with Crippen molar-refractivity contribution in [2.24, 2.45) is 0 Å².